The number of carbonyl (C=O) groups is 1. The fourth-order valence-electron chi connectivity index (χ4n) is 4.64. The van der Waals surface area contributed by atoms with Gasteiger partial charge >= 0.3 is 0 Å². The van der Waals surface area contributed by atoms with Gasteiger partial charge in [-0.3, -0.25) is 14.7 Å². The summed E-state index contributed by atoms with van der Waals surface area (Å²) in [6.45, 7) is 9.22. The van der Waals surface area contributed by atoms with Gasteiger partial charge in [0.1, 0.15) is 5.01 Å². The summed E-state index contributed by atoms with van der Waals surface area (Å²) in [6, 6.07) is 18.2. The zero-order valence-electron chi connectivity index (χ0n) is 22.1. The lowest BCUT2D eigenvalue weighted by Crippen LogP contribution is -2.45. The molecule has 1 amide bonds. The summed E-state index contributed by atoms with van der Waals surface area (Å²) < 4.78 is 0. The number of likely N-dealkylation sites (N-methyl/N-ethyl adjacent to an activating group) is 1. The van der Waals surface area contributed by atoms with Crippen LogP contribution in [0.4, 0.5) is 11.4 Å². The Labute approximate surface area is 228 Å². The van der Waals surface area contributed by atoms with Gasteiger partial charge in [0.05, 0.1) is 12.2 Å². The normalized spacial score (nSPS) is 15.2. The van der Waals surface area contributed by atoms with Gasteiger partial charge < -0.3 is 15.5 Å². The van der Waals surface area contributed by atoms with Crippen LogP contribution in [0.3, 0.4) is 0 Å². The highest BCUT2D eigenvalue weighted by atomic mass is 32.1. The molecule has 1 saturated heterocycles. The monoisotopic (exact) mass is 526 g/mol. The number of aryl methyl sites for hydroxylation is 1. The van der Waals surface area contributed by atoms with Crippen LogP contribution in [0, 0.1) is 6.92 Å². The number of nitrogens with zero attached hydrogens (tertiary/aromatic N) is 4. The molecule has 5 rings (SSSR count). The van der Waals surface area contributed by atoms with Gasteiger partial charge in [-0.05, 0) is 68.4 Å². The number of piperazine rings is 1. The lowest BCUT2D eigenvalue weighted by Gasteiger charge is -2.36. The van der Waals surface area contributed by atoms with Crippen LogP contribution in [0.25, 0.3) is 11.3 Å². The van der Waals surface area contributed by atoms with Crippen molar-refractivity contribution in [1.29, 1.82) is 0 Å². The van der Waals surface area contributed by atoms with Gasteiger partial charge in [-0.2, -0.15) is 0 Å². The van der Waals surface area contributed by atoms with Gasteiger partial charge in [0, 0.05) is 72.5 Å². The molecule has 0 spiro atoms. The van der Waals surface area contributed by atoms with E-state index in [0.717, 1.165) is 59.4 Å². The Kier molecular flexibility index (Phi) is 8.12. The van der Waals surface area contributed by atoms with Crippen molar-refractivity contribution in [3.63, 3.8) is 0 Å². The second kappa shape index (κ2) is 11.9. The number of anilines is 2. The van der Waals surface area contributed by atoms with Gasteiger partial charge in [0.2, 0.25) is 0 Å². The maximum absolute atomic E-state index is 13.0. The number of amides is 1. The third kappa shape index (κ3) is 6.27. The Morgan fingerprint density at radius 1 is 1.08 bits per heavy atom. The van der Waals surface area contributed by atoms with Crippen molar-refractivity contribution < 1.29 is 4.79 Å². The molecule has 38 heavy (non-hydrogen) atoms. The van der Waals surface area contributed by atoms with Crippen molar-refractivity contribution in [1.82, 2.24) is 19.8 Å². The van der Waals surface area contributed by atoms with Gasteiger partial charge in [-0.25, -0.2) is 4.98 Å². The first kappa shape index (κ1) is 26.0. The molecule has 2 aromatic heterocycles. The third-order valence-electron chi connectivity index (χ3n) is 7.18. The third-order valence-corrected chi connectivity index (χ3v) is 8.02. The molecule has 0 radical (unpaired) electrons. The van der Waals surface area contributed by atoms with E-state index in [1.54, 1.807) is 17.5 Å². The van der Waals surface area contributed by atoms with Crippen LogP contribution in [-0.2, 0) is 6.54 Å². The van der Waals surface area contributed by atoms with Crippen molar-refractivity contribution >= 4 is 28.6 Å². The molecule has 1 aliphatic heterocycles. The molecule has 0 bridgehead atoms. The highest BCUT2D eigenvalue weighted by Gasteiger charge is 2.20. The number of rotatable bonds is 8. The molecule has 7 nitrogen and oxygen atoms in total. The minimum absolute atomic E-state index is 0.111. The number of carbonyl (C=O) groups excluding carboxylic acids is 1. The molecule has 2 aromatic carbocycles. The van der Waals surface area contributed by atoms with E-state index in [0.29, 0.717) is 18.2 Å². The molecule has 3 heterocycles. The molecule has 8 heteroatoms. The maximum Gasteiger partial charge on any atom is 0.255 e. The lowest BCUT2D eigenvalue weighted by molar-refractivity contribution is 0.102. The second-order valence-corrected chi connectivity index (χ2v) is 10.8. The molecule has 0 saturated carbocycles. The van der Waals surface area contributed by atoms with Crippen LogP contribution in [0.2, 0.25) is 0 Å². The largest absolute Gasteiger partial charge is 0.378 e. The predicted octanol–water partition coefficient (Wildman–Crippen LogP) is 5.69. The zero-order chi connectivity index (χ0) is 26.5. The van der Waals surface area contributed by atoms with Crippen LogP contribution in [-0.4, -0.2) is 58.9 Å². The van der Waals surface area contributed by atoms with E-state index in [9.17, 15) is 4.79 Å². The summed E-state index contributed by atoms with van der Waals surface area (Å²) in [5.74, 6) is -0.111. The van der Waals surface area contributed by atoms with E-state index in [4.69, 9.17) is 4.98 Å². The first-order valence-corrected chi connectivity index (χ1v) is 13.9. The molecule has 2 N–H and O–H groups in total. The number of benzene rings is 2. The van der Waals surface area contributed by atoms with Gasteiger partial charge in [-0.1, -0.05) is 18.2 Å². The van der Waals surface area contributed by atoms with Crippen LogP contribution in [0.5, 0.6) is 0 Å². The van der Waals surface area contributed by atoms with Gasteiger partial charge in [-0.15, -0.1) is 11.3 Å². The number of pyridine rings is 1. The fourth-order valence-corrected chi connectivity index (χ4v) is 5.38. The highest BCUT2D eigenvalue weighted by molar-refractivity contribution is 7.10. The number of aromatic nitrogens is 2. The van der Waals surface area contributed by atoms with E-state index in [-0.39, 0.29) is 5.91 Å². The van der Waals surface area contributed by atoms with Gasteiger partial charge in [0.25, 0.3) is 5.91 Å². The number of hydrogen-bond donors (Lipinski definition) is 2. The minimum atomic E-state index is -0.111. The topological polar surface area (TPSA) is 73.4 Å². The quantitative estimate of drug-likeness (QED) is 0.307. The Morgan fingerprint density at radius 2 is 1.87 bits per heavy atom. The molecule has 1 atom stereocenters. The Bertz CT molecular complexity index is 1360. The molecular weight excluding hydrogens is 492 g/mol. The Balaban J connectivity index is 1.19. The Hall–Kier alpha value is -3.59. The molecule has 1 fully saturated rings. The molecule has 196 valence electrons. The summed E-state index contributed by atoms with van der Waals surface area (Å²) >= 11 is 1.62. The smallest absolute Gasteiger partial charge is 0.255 e. The molecule has 4 aromatic rings. The van der Waals surface area contributed by atoms with Crippen molar-refractivity contribution in [3.8, 4) is 11.3 Å². The van der Waals surface area contributed by atoms with E-state index in [1.165, 1.54) is 5.56 Å². The van der Waals surface area contributed by atoms with Gasteiger partial charge in [0.15, 0.2) is 0 Å². The van der Waals surface area contributed by atoms with Crippen molar-refractivity contribution in [2.24, 2.45) is 0 Å². The summed E-state index contributed by atoms with van der Waals surface area (Å²) in [5, 5.41) is 9.57. The number of thiazole rings is 1. The molecule has 1 aliphatic rings. The first-order valence-electron chi connectivity index (χ1n) is 13.0. The maximum atomic E-state index is 13.0. The van der Waals surface area contributed by atoms with Crippen molar-refractivity contribution in [2.45, 2.75) is 26.4 Å². The van der Waals surface area contributed by atoms with Crippen LogP contribution >= 0.6 is 11.3 Å². The fraction of sp³-hybridized carbons (Fsp3) is 0.300. The number of nitrogens with one attached hydrogen (secondary N) is 2. The van der Waals surface area contributed by atoms with Crippen LogP contribution in [0.1, 0.15) is 39.5 Å². The molecule has 0 aliphatic carbocycles. The standard InChI is InChI=1S/C30H34N6OS/c1-21-6-11-26(17-27(21)32-19-29-34-28(20-38-29)25-5-4-12-31-18-25)33-30(37)24-9-7-23(8-10-24)22(2)36-15-13-35(3)14-16-36/h4-12,17-18,20,22,32H,13-16,19H2,1-3H3,(H,33,37). The second-order valence-electron chi connectivity index (χ2n) is 9.84. The van der Waals surface area contributed by atoms with E-state index in [1.807, 2.05) is 48.7 Å². The lowest BCUT2D eigenvalue weighted by atomic mass is 10.0. The summed E-state index contributed by atoms with van der Waals surface area (Å²) in [6.07, 6.45) is 3.59. The molecular formula is C30H34N6OS. The summed E-state index contributed by atoms with van der Waals surface area (Å²) in [7, 11) is 2.17. The summed E-state index contributed by atoms with van der Waals surface area (Å²) in [4.78, 5) is 26.8. The minimum Gasteiger partial charge on any atom is -0.378 e. The number of hydrogen-bond acceptors (Lipinski definition) is 7. The summed E-state index contributed by atoms with van der Waals surface area (Å²) in [5.41, 5.74) is 6.67. The van der Waals surface area contributed by atoms with E-state index in [2.05, 4.69) is 63.8 Å². The predicted molar refractivity (Wildman–Crippen MR) is 156 cm³/mol. The van der Waals surface area contributed by atoms with Crippen LogP contribution < -0.4 is 10.6 Å². The van der Waals surface area contributed by atoms with Crippen molar-refractivity contribution in [2.75, 3.05) is 43.9 Å². The van der Waals surface area contributed by atoms with E-state index < -0.39 is 0 Å². The highest BCUT2D eigenvalue weighted by Crippen LogP contribution is 2.25. The van der Waals surface area contributed by atoms with Crippen molar-refractivity contribution in [3.05, 3.63) is 94.1 Å². The zero-order valence-corrected chi connectivity index (χ0v) is 23.0. The van der Waals surface area contributed by atoms with Crippen LogP contribution in [0.15, 0.2) is 72.4 Å². The first-order chi connectivity index (χ1) is 18.5. The average Bonchev–Trinajstić information content (AvgIpc) is 3.43. The van der Waals surface area contributed by atoms with E-state index >= 15 is 0 Å². The Morgan fingerprint density at radius 3 is 2.61 bits per heavy atom. The SMILES string of the molecule is Cc1ccc(NC(=O)c2ccc(C(C)N3CCN(C)CC3)cc2)cc1NCc1nc(-c2cccnc2)cs1. The average molecular weight is 527 g/mol. The molecule has 1 unspecified atom stereocenters.